The van der Waals surface area contributed by atoms with E-state index in [1.165, 1.54) is 0 Å². The van der Waals surface area contributed by atoms with E-state index in [0.717, 1.165) is 28.8 Å². The van der Waals surface area contributed by atoms with Crippen LogP contribution in [0.15, 0.2) is 48.5 Å². The van der Waals surface area contributed by atoms with E-state index in [4.69, 9.17) is 10.5 Å². The maximum atomic E-state index is 9.74. The number of anilines is 1. The van der Waals surface area contributed by atoms with E-state index in [9.17, 15) is 5.11 Å². The summed E-state index contributed by atoms with van der Waals surface area (Å²) < 4.78 is 7.91. The molecule has 2 aromatic carbocycles. The molecule has 0 bridgehead atoms. The summed E-state index contributed by atoms with van der Waals surface area (Å²) >= 11 is 0. The van der Waals surface area contributed by atoms with E-state index in [1.807, 2.05) is 24.3 Å². The Morgan fingerprint density at radius 1 is 1.14 bits per heavy atom. The summed E-state index contributed by atoms with van der Waals surface area (Å²) in [5.74, 6) is 0.644. The molecule has 1 aromatic heterocycles. The van der Waals surface area contributed by atoms with Crippen molar-refractivity contribution in [2.24, 2.45) is 0 Å². The fourth-order valence-electron chi connectivity index (χ4n) is 2.57. The molecule has 0 aliphatic rings. The molecule has 4 heteroatoms. The number of ether oxygens (including phenoxy) is 1. The van der Waals surface area contributed by atoms with Crippen molar-refractivity contribution >= 4 is 16.6 Å². The van der Waals surface area contributed by atoms with Crippen LogP contribution in [-0.2, 0) is 13.2 Å². The quantitative estimate of drug-likeness (QED) is 0.720. The fourth-order valence-corrected chi connectivity index (χ4v) is 2.57. The highest BCUT2D eigenvalue weighted by Gasteiger charge is 2.09. The van der Waals surface area contributed by atoms with Crippen molar-refractivity contribution in [3.63, 3.8) is 0 Å². The molecule has 0 radical (unpaired) electrons. The Kier molecular flexibility index (Phi) is 3.44. The minimum Gasteiger partial charge on any atom is -0.504 e. The number of fused-ring (bicyclic) bond motifs is 1. The molecule has 4 nitrogen and oxygen atoms in total. The number of rotatable bonds is 4. The predicted molar refractivity (Wildman–Crippen MR) is 84.5 cm³/mol. The molecule has 3 N–H and O–H groups in total. The van der Waals surface area contributed by atoms with Gasteiger partial charge in [-0.25, -0.2) is 0 Å². The van der Waals surface area contributed by atoms with Gasteiger partial charge in [0.2, 0.25) is 0 Å². The number of nitrogens with two attached hydrogens (primary N) is 1. The summed E-state index contributed by atoms with van der Waals surface area (Å²) in [5, 5.41) is 10.8. The number of phenols is 1. The molecular weight excluding hydrogens is 264 g/mol. The molecule has 0 spiro atoms. The van der Waals surface area contributed by atoms with Gasteiger partial charge in [-0.2, -0.15) is 0 Å². The van der Waals surface area contributed by atoms with Crippen molar-refractivity contribution in [3.05, 3.63) is 54.2 Å². The van der Waals surface area contributed by atoms with E-state index >= 15 is 0 Å². The number of nitrogens with zero attached hydrogens (tertiary/aromatic N) is 1. The molecule has 0 aliphatic carbocycles. The first kappa shape index (κ1) is 13.4. The number of benzene rings is 2. The smallest absolute Gasteiger partial charge is 0.161 e. The van der Waals surface area contributed by atoms with Gasteiger partial charge in [-0.3, -0.25) is 0 Å². The summed E-state index contributed by atoms with van der Waals surface area (Å²) in [6.45, 7) is 3.35. The highest BCUT2D eigenvalue weighted by Crippen LogP contribution is 2.27. The second kappa shape index (κ2) is 5.40. The fraction of sp³-hybridized carbons (Fsp3) is 0.176. The Balaban J connectivity index is 1.92. The van der Waals surface area contributed by atoms with Crippen LogP contribution in [0, 0.1) is 0 Å². The van der Waals surface area contributed by atoms with Gasteiger partial charge >= 0.3 is 0 Å². The summed E-state index contributed by atoms with van der Waals surface area (Å²) in [6.07, 6.45) is 0. The monoisotopic (exact) mass is 282 g/mol. The third-order valence-corrected chi connectivity index (χ3v) is 3.57. The summed E-state index contributed by atoms with van der Waals surface area (Å²) in [4.78, 5) is 0. The lowest BCUT2D eigenvalue weighted by molar-refractivity contribution is 0.280. The minimum absolute atomic E-state index is 0.154. The second-order valence-electron chi connectivity index (χ2n) is 4.95. The Bertz CT molecular complexity index is 778. The number of hydrogen-bond donors (Lipinski definition) is 2. The first-order valence-electron chi connectivity index (χ1n) is 6.97. The Morgan fingerprint density at radius 3 is 2.71 bits per heavy atom. The largest absolute Gasteiger partial charge is 0.504 e. The van der Waals surface area contributed by atoms with E-state index in [-0.39, 0.29) is 5.75 Å². The molecule has 0 saturated heterocycles. The first-order chi connectivity index (χ1) is 10.2. The lowest BCUT2D eigenvalue weighted by atomic mass is 10.2. The van der Waals surface area contributed by atoms with Gasteiger partial charge in [-0.1, -0.05) is 12.1 Å². The molecule has 1 heterocycles. The van der Waals surface area contributed by atoms with Crippen LogP contribution in [0.25, 0.3) is 10.9 Å². The number of hydrogen-bond acceptors (Lipinski definition) is 3. The third kappa shape index (κ3) is 2.52. The molecule has 0 amide bonds. The van der Waals surface area contributed by atoms with Crippen molar-refractivity contribution in [3.8, 4) is 11.5 Å². The molecule has 0 unspecified atom stereocenters. The lowest BCUT2D eigenvalue weighted by Crippen LogP contribution is -2.04. The van der Waals surface area contributed by atoms with E-state index < -0.39 is 0 Å². The van der Waals surface area contributed by atoms with Crippen molar-refractivity contribution in [2.75, 3.05) is 5.73 Å². The van der Waals surface area contributed by atoms with E-state index in [1.54, 1.807) is 18.2 Å². The topological polar surface area (TPSA) is 60.4 Å². The zero-order chi connectivity index (χ0) is 14.8. The maximum Gasteiger partial charge on any atom is 0.161 e. The predicted octanol–water partition coefficient (Wildman–Crippen LogP) is 3.53. The van der Waals surface area contributed by atoms with E-state index in [2.05, 4.69) is 17.6 Å². The minimum atomic E-state index is 0.154. The van der Waals surface area contributed by atoms with Crippen molar-refractivity contribution in [1.29, 1.82) is 0 Å². The van der Waals surface area contributed by atoms with Gasteiger partial charge in [0, 0.05) is 23.1 Å². The molecule has 3 aromatic rings. The van der Waals surface area contributed by atoms with Crippen LogP contribution < -0.4 is 10.5 Å². The maximum absolute atomic E-state index is 9.74. The van der Waals surface area contributed by atoms with Gasteiger partial charge in [0.05, 0.1) is 5.69 Å². The summed E-state index contributed by atoms with van der Waals surface area (Å²) in [5.41, 5.74) is 8.79. The summed E-state index contributed by atoms with van der Waals surface area (Å²) in [6, 6.07) is 15.0. The summed E-state index contributed by atoms with van der Waals surface area (Å²) in [7, 11) is 0. The van der Waals surface area contributed by atoms with Crippen molar-refractivity contribution in [1.82, 2.24) is 4.57 Å². The zero-order valence-corrected chi connectivity index (χ0v) is 11.9. The Morgan fingerprint density at radius 2 is 1.95 bits per heavy atom. The molecule has 0 aliphatic heterocycles. The van der Waals surface area contributed by atoms with Crippen LogP contribution in [0.3, 0.4) is 0 Å². The second-order valence-corrected chi connectivity index (χ2v) is 4.95. The van der Waals surface area contributed by atoms with Crippen molar-refractivity contribution in [2.45, 2.75) is 20.1 Å². The highest BCUT2D eigenvalue weighted by molar-refractivity contribution is 5.84. The van der Waals surface area contributed by atoms with Crippen molar-refractivity contribution < 1.29 is 9.84 Å². The van der Waals surface area contributed by atoms with Crippen LogP contribution in [0.4, 0.5) is 5.69 Å². The number of aromatic nitrogens is 1. The van der Waals surface area contributed by atoms with E-state index in [0.29, 0.717) is 12.4 Å². The van der Waals surface area contributed by atoms with Crippen LogP contribution in [0.1, 0.15) is 12.6 Å². The van der Waals surface area contributed by atoms with Gasteiger partial charge in [-0.05, 0) is 43.3 Å². The SMILES string of the molecule is CCn1c(COc2ccccc2O)cc2cc(N)ccc21. The highest BCUT2D eigenvalue weighted by atomic mass is 16.5. The lowest BCUT2D eigenvalue weighted by Gasteiger charge is -2.10. The zero-order valence-electron chi connectivity index (χ0n) is 11.9. The molecule has 3 rings (SSSR count). The standard InChI is InChI=1S/C17H18N2O2/c1-2-19-14(10-12-9-13(18)7-8-15(12)19)11-21-17-6-4-3-5-16(17)20/h3-10,20H,2,11,18H2,1H3. The molecule has 0 fully saturated rings. The molecule has 0 atom stereocenters. The molecule has 21 heavy (non-hydrogen) atoms. The molecule has 0 saturated carbocycles. The molecular formula is C17H18N2O2. The van der Waals surface area contributed by atoms with Gasteiger partial charge in [0.15, 0.2) is 11.5 Å². The number of aryl methyl sites for hydroxylation is 1. The van der Waals surface area contributed by atoms with Gasteiger partial charge in [-0.15, -0.1) is 0 Å². The average Bonchev–Trinajstić information content (AvgIpc) is 2.82. The Hall–Kier alpha value is -2.62. The average molecular weight is 282 g/mol. The Labute approximate surface area is 123 Å². The number of aromatic hydroxyl groups is 1. The van der Waals surface area contributed by atoms with Crippen LogP contribution in [-0.4, -0.2) is 9.67 Å². The third-order valence-electron chi connectivity index (χ3n) is 3.57. The number of phenolic OH excluding ortho intramolecular Hbond substituents is 1. The van der Waals surface area contributed by atoms with Gasteiger partial charge in [0.1, 0.15) is 6.61 Å². The first-order valence-corrected chi connectivity index (χ1v) is 6.97. The van der Waals surface area contributed by atoms with Crippen LogP contribution in [0.5, 0.6) is 11.5 Å². The normalized spacial score (nSPS) is 10.9. The van der Waals surface area contributed by atoms with Crippen LogP contribution >= 0.6 is 0 Å². The number of para-hydroxylation sites is 2. The van der Waals surface area contributed by atoms with Crippen LogP contribution in [0.2, 0.25) is 0 Å². The van der Waals surface area contributed by atoms with Gasteiger partial charge in [0.25, 0.3) is 0 Å². The van der Waals surface area contributed by atoms with Gasteiger partial charge < -0.3 is 20.1 Å². The number of nitrogen functional groups attached to an aromatic ring is 1. The molecule has 108 valence electrons.